The maximum atomic E-state index is 12.9. The van der Waals surface area contributed by atoms with Crippen LogP contribution in [-0.2, 0) is 17.9 Å². The van der Waals surface area contributed by atoms with Crippen molar-refractivity contribution in [2.75, 3.05) is 0 Å². The van der Waals surface area contributed by atoms with Gasteiger partial charge in [-0.2, -0.15) is 0 Å². The Hall–Kier alpha value is -4.26. The number of nitrogens with zero attached hydrogens (tertiary/aromatic N) is 3. The number of rotatable bonds is 8. The monoisotopic (exact) mass is 454 g/mol. The Morgan fingerprint density at radius 3 is 2.62 bits per heavy atom. The van der Waals surface area contributed by atoms with Gasteiger partial charge in [0, 0.05) is 30.1 Å². The van der Waals surface area contributed by atoms with Gasteiger partial charge < -0.3 is 14.6 Å². The van der Waals surface area contributed by atoms with Crippen LogP contribution in [0.5, 0.6) is 5.75 Å². The SMILES string of the molecule is CC(C)N(Cc1nc2ccccc2c(=O)[nH]1)C(=O)/C=C\c1ccc(OCc2cccnc2)cc1. The largest absolute Gasteiger partial charge is 0.489 e. The smallest absolute Gasteiger partial charge is 0.258 e. The summed E-state index contributed by atoms with van der Waals surface area (Å²) < 4.78 is 5.77. The van der Waals surface area contributed by atoms with E-state index < -0.39 is 0 Å². The highest BCUT2D eigenvalue weighted by atomic mass is 16.5. The lowest BCUT2D eigenvalue weighted by Crippen LogP contribution is -2.36. The fraction of sp³-hybridized carbons (Fsp3) is 0.185. The number of aromatic amines is 1. The van der Waals surface area contributed by atoms with E-state index >= 15 is 0 Å². The predicted molar refractivity (Wildman–Crippen MR) is 132 cm³/mol. The number of benzene rings is 2. The summed E-state index contributed by atoms with van der Waals surface area (Å²) in [5.74, 6) is 1.03. The Bertz CT molecular complexity index is 1350. The number of hydrogen-bond donors (Lipinski definition) is 1. The molecule has 7 nitrogen and oxygen atoms in total. The third-order valence-electron chi connectivity index (χ3n) is 5.32. The molecule has 2 aromatic carbocycles. The van der Waals surface area contributed by atoms with Crippen LogP contribution >= 0.6 is 0 Å². The molecular weight excluding hydrogens is 428 g/mol. The molecular formula is C27H26N4O3. The van der Waals surface area contributed by atoms with Crippen LogP contribution in [0, 0.1) is 0 Å². The lowest BCUT2D eigenvalue weighted by Gasteiger charge is -2.25. The van der Waals surface area contributed by atoms with E-state index in [1.807, 2.05) is 56.3 Å². The molecule has 1 amide bonds. The number of ether oxygens (including phenoxy) is 1. The highest BCUT2D eigenvalue weighted by molar-refractivity contribution is 5.92. The summed E-state index contributed by atoms with van der Waals surface area (Å²) in [5.41, 5.74) is 2.27. The number of pyridine rings is 1. The summed E-state index contributed by atoms with van der Waals surface area (Å²) in [7, 11) is 0. The highest BCUT2D eigenvalue weighted by Crippen LogP contribution is 2.16. The van der Waals surface area contributed by atoms with Crippen molar-refractivity contribution in [2.45, 2.75) is 33.0 Å². The summed E-state index contributed by atoms with van der Waals surface area (Å²) in [6, 6.07) is 18.4. The van der Waals surface area contributed by atoms with E-state index in [1.54, 1.807) is 41.6 Å². The van der Waals surface area contributed by atoms with E-state index in [4.69, 9.17) is 4.74 Å². The predicted octanol–water partition coefficient (Wildman–Crippen LogP) is 4.35. The van der Waals surface area contributed by atoms with Crippen molar-refractivity contribution in [3.05, 3.63) is 106 Å². The van der Waals surface area contributed by atoms with Gasteiger partial charge in [-0.3, -0.25) is 14.6 Å². The van der Waals surface area contributed by atoms with E-state index in [0.717, 1.165) is 16.9 Å². The second-order valence-corrected chi connectivity index (χ2v) is 8.14. The minimum Gasteiger partial charge on any atom is -0.489 e. The molecule has 0 saturated carbocycles. The van der Waals surface area contributed by atoms with Crippen LogP contribution in [0.25, 0.3) is 17.0 Å². The Morgan fingerprint density at radius 1 is 1.09 bits per heavy atom. The second kappa shape index (κ2) is 10.6. The quantitative estimate of drug-likeness (QED) is 0.400. The Kier molecular flexibility index (Phi) is 7.13. The number of carbonyl (C=O) groups excluding carboxylic acids is 1. The van der Waals surface area contributed by atoms with E-state index in [2.05, 4.69) is 15.0 Å². The Labute approximate surface area is 197 Å². The molecule has 0 aliphatic heterocycles. The number of fused-ring (bicyclic) bond motifs is 1. The number of aromatic nitrogens is 3. The van der Waals surface area contributed by atoms with Gasteiger partial charge in [-0.1, -0.05) is 30.3 Å². The van der Waals surface area contributed by atoms with Gasteiger partial charge in [-0.15, -0.1) is 0 Å². The third kappa shape index (κ3) is 5.75. The van der Waals surface area contributed by atoms with Crippen molar-refractivity contribution in [3.63, 3.8) is 0 Å². The molecule has 0 fully saturated rings. The zero-order valence-electron chi connectivity index (χ0n) is 19.1. The van der Waals surface area contributed by atoms with Crippen molar-refractivity contribution in [2.24, 2.45) is 0 Å². The van der Waals surface area contributed by atoms with Crippen LogP contribution in [0.2, 0.25) is 0 Å². The van der Waals surface area contributed by atoms with Gasteiger partial charge in [-0.05, 0) is 55.8 Å². The van der Waals surface area contributed by atoms with Crippen molar-refractivity contribution >= 4 is 22.9 Å². The topological polar surface area (TPSA) is 88.2 Å². The average molecular weight is 455 g/mol. The molecule has 1 N–H and O–H groups in total. The van der Waals surface area contributed by atoms with Crippen LogP contribution in [0.4, 0.5) is 0 Å². The first-order chi connectivity index (χ1) is 16.5. The van der Waals surface area contributed by atoms with Crippen molar-refractivity contribution < 1.29 is 9.53 Å². The standard InChI is InChI=1S/C27H26N4O3/c1-19(2)31(17-25-29-24-8-4-3-7-23(24)27(33)30-25)26(32)14-11-20-9-12-22(13-10-20)34-18-21-6-5-15-28-16-21/h3-16,19H,17-18H2,1-2H3,(H,29,30,33)/b14-11-. The maximum absolute atomic E-state index is 12.9. The van der Waals surface area contributed by atoms with Crippen molar-refractivity contribution in [1.29, 1.82) is 0 Å². The maximum Gasteiger partial charge on any atom is 0.258 e. The van der Waals surface area contributed by atoms with E-state index in [0.29, 0.717) is 23.3 Å². The fourth-order valence-corrected chi connectivity index (χ4v) is 3.47. The molecule has 0 saturated heterocycles. The van der Waals surface area contributed by atoms with E-state index in [9.17, 15) is 9.59 Å². The molecule has 7 heteroatoms. The molecule has 0 aliphatic carbocycles. The van der Waals surface area contributed by atoms with Crippen molar-refractivity contribution in [1.82, 2.24) is 19.9 Å². The zero-order chi connectivity index (χ0) is 23.9. The number of H-pyrrole nitrogens is 1. The lowest BCUT2D eigenvalue weighted by atomic mass is 10.2. The molecule has 0 unspecified atom stereocenters. The number of amides is 1. The van der Waals surface area contributed by atoms with E-state index in [-0.39, 0.29) is 24.1 Å². The van der Waals surface area contributed by atoms with Crippen LogP contribution < -0.4 is 10.3 Å². The van der Waals surface area contributed by atoms with Crippen LogP contribution in [0.1, 0.15) is 30.8 Å². The molecule has 0 atom stereocenters. The fourth-order valence-electron chi connectivity index (χ4n) is 3.47. The van der Waals surface area contributed by atoms with Gasteiger partial charge in [0.25, 0.3) is 5.56 Å². The number of nitrogens with one attached hydrogen (secondary N) is 1. The zero-order valence-corrected chi connectivity index (χ0v) is 19.1. The molecule has 4 rings (SSSR count). The molecule has 2 aromatic heterocycles. The Balaban J connectivity index is 1.41. The first kappa shape index (κ1) is 22.9. The van der Waals surface area contributed by atoms with Crippen molar-refractivity contribution in [3.8, 4) is 5.75 Å². The minimum absolute atomic E-state index is 0.0721. The molecule has 2 heterocycles. The van der Waals surface area contributed by atoms with Gasteiger partial charge in [-0.25, -0.2) is 4.98 Å². The molecule has 34 heavy (non-hydrogen) atoms. The third-order valence-corrected chi connectivity index (χ3v) is 5.32. The summed E-state index contributed by atoms with van der Waals surface area (Å²) in [5, 5.41) is 0.529. The highest BCUT2D eigenvalue weighted by Gasteiger charge is 2.17. The van der Waals surface area contributed by atoms with Crippen LogP contribution in [0.15, 0.2) is 83.9 Å². The summed E-state index contributed by atoms with van der Waals surface area (Å²) in [6.45, 7) is 4.51. The van der Waals surface area contributed by atoms with Gasteiger partial charge in [0.05, 0.1) is 17.4 Å². The minimum atomic E-state index is -0.210. The van der Waals surface area contributed by atoms with Crippen LogP contribution in [0.3, 0.4) is 0 Å². The molecule has 4 aromatic rings. The summed E-state index contributed by atoms with van der Waals surface area (Å²) in [4.78, 5) is 38.3. The second-order valence-electron chi connectivity index (χ2n) is 8.14. The molecule has 0 spiro atoms. The summed E-state index contributed by atoms with van der Waals surface area (Å²) in [6.07, 6.45) is 6.79. The number of para-hydroxylation sites is 1. The number of carbonyl (C=O) groups is 1. The molecule has 0 radical (unpaired) electrons. The Morgan fingerprint density at radius 2 is 1.88 bits per heavy atom. The first-order valence-corrected chi connectivity index (χ1v) is 11.1. The number of hydrogen-bond acceptors (Lipinski definition) is 5. The van der Waals surface area contributed by atoms with Crippen LogP contribution in [-0.4, -0.2) is 31.8 Å². The molecule has 0 bridgehead atoms. The lowest BCUT2D eigenvalue weighted by molar-refractivity contribution is -0.128. The van der Waals surface area contributed by atoms with Gasteiger partial charge >= 0.3 is 0 Å². The van der Waals surface area contributed by atoms with E-state index in [1.165, 1.54) is 6.08 Å². The molecule has 0 aliphatic rings. The van der Waals surface area contributed by atoms with Gasteiger partial charge in [0.15, 0.2) is 0 Å². The molecule has 172 valence electrons. The normalized spacial score (nSPS) is 11.3. The average Bonchev–Trinajstić information content (AvgIpc) is 2.86. The summed E-state index contributed by atoms with van der Waals surface area (Å²) >= 11 is 0. The van der Waals surface area contributed by atoms with Gasteiger partial charge in [0.2, 0.25) is 5.91 Å². The van der Waals surface area contributed by atoms with Gasteiger partial charge in [0.1, 0.15) is 18.2 Å². The first-order valence-electron chi connectivity index (χ1n) is 11.1.